The topological polar surface area (TPSA) is 49.4 Å². The summed E-state index contributed by atoms with van der Waals surface area (Å²) < 4.78 is 0.948. The highest BCUT2D eigenvalue weighted by atomic mass is 79.9. The van der Waals surface area contributed by atoms with E-state index in [4.69, 9.17) is 0 Å². The lowest BCUT2D eigenvalue weighted by Crippen LogP contribution is -2.36. The standard InChI is InChI=1S/C13H13BrN2O2/c14-8-2-1-3-9(6-8)15-11-7-12(17)16(13(11)18)10-4-5-10/h1-3,6,10-11,15H,4-5,7H2. The fourth-order valence-corrected chi connectivity index (χ4v) is 2.66. The van der Waals surface area contributed by atoms with Gasteiger partial charge in [-0.2, -0.15) is 0 Å². The molecule has 4 nitrogen and oxygen atoms in total. The van der Waals surface area contributed by atoms with Gasteiger partial charge in [-0.15, -0.1) is 0 Å². The van der Waals surface area contributed by atoms with Crippen LogP contribution in [0.5, 0.6) is 0 Å². The van der Waals surface area contributed by atoms with Gasteiger partial charge in [-0.05, 0) is 31.0 Å². The van der Waals surface area contributed by atoms with Crippen molar-refractivity contribution in [1.29, 1.82) is 0 Å². The van der Waals surface area contributed by atoms with Crippen LogP contribution in [0.25, 0.3) is 0 Å². The summed E-state index contributed by atoms with van der Waals surface area (Å²) in [4.78, 5) is 25.3. The molecule has 1 unspecified atom stereocenters. The summed E-state index contributed by atoms with van der Waals surface area (Å²) in [5.41, 5.74) is 0.855. The van der Waals surface area contributed by atoms with Crippen LogP contribution in [-0.2, 0) is 9.59 Å². The molecule has 1 aromatic carbocycles. The van der Waals surface area contributed by atoms with Crippen molar-refractivity contribution in [2.75, 3.05) is 5.32 Å². The molecule has 1 heterocycles. The predicted molar refractivity (Wildman–Crippen MR) is 71.0 cm³/mol. The third-order valence-electron chi connectivity index (χ3n) is 3.26. The Labute approximate surface area is 113 Å². The van der Waals surface area contributed by atoms with Gasteiger partial charge in [0, 0.05) is 16.2 Å². The van der Waals surface area contributed by atoms with E-state index >= 15 is 0 Å². The Morgan fingerprint density at radius 1 is 1.28 bits per heavy atom. The van der Waals surface area contributed by atoms with E-state index in [0.717, 1.165) is 23.0 Å². The number of hydrogen-bond donors (Lipinski definition) is 1. The summed E-state index contributed by atoms with van der Waals surface area (Å²) in [6.07, 6.45) is 2.18. The second-order valence-electron chi connectivity index (χ2n) is 4.74. The molecule has 3 rings (SSSR count). The molecule has 94 valence electrons. The van der Waals surface area contributed by atoms with Crippen molar-refractivity contribution in [1.82, 2.24) is 4.90 Å². The molecule has 2 fully saturated rings. The molecule has 1 saturated carbocycles. The van der Waals surface area contributed by atoms with Crippen LogP contribution < -0.4 is 5.32 Å². The van der Waals surface area contributed by atoms with Crippen molar-refractivity contribution >= 4 is 33.4 Å². The first-order valence-corrected chi connectivity index (χ1v) is 6.82. The lowest BCUT2D eigenvalue weighted by atomic mass is 10.2. The summed E-state index contributed by atoms with van der Waals surface area (Å²) in [5.74, 6) is -0.127. The summed E-state index contributed by atoms with van der Waals surface area (Å²) in [7, 11) is 0. The number of hydrogen-bond acceptors (Lipinski definition) is 3. The highest BCUT2D eigenvalue weighted by Crippen LogP contribution is 2.32. The van der Waals surface area contributed by atoms with E-state index in [0.29, 0.717) is 0 Å². The van der Waals surface area contributed by atoms with Crippen LogP contribution in [0.15, 0.2) is 28.7 Å². The van der Waals surface area contributed by atoms with E-state index in [1.165, 1.54) is 4.90 Å². The zero-order valence-corrected chi connectivity index (χ0v) is 11.3. The van der Waals surface area contributed by atoms with E-state index in [-0.39, 0.29) is 24.3 Å². The number of nitrogens with zero attached hydrogens (tertiary/aromatic N) is 1. The molecule has 0 bridgehead atoms. The van der Waals surface area contributed by atoms with E-state index in [1.54, 1.807) is 0 Å². The van der Waals surface area contributed by atoms with Crippen LogP contribution in [0, 0.1) is 0 Å². The Bertz CT molecular complexity index is 513. The normalized spacial score (nSPS) is 23.6. The Hall–Kier alpha value is -1.36. The summed E-state index contributed by atoms with van der Waals surface area (Å²) in [6, 6.07) is 7.36. The molecule has 0 radical (unpaired) electrons. The number of imide groups is 1. The maximum absolute atomic E-state index is 12.1. The predicted octanol–water partition coefficient (Wildman–Crippen LogP) is 2.15. The first kappa shape index (κ1) is 11.7. The van der Waals surface area contributed by atoms with Crippen LogP contribution in [0.1, 0.15) is 19.3 Å². The van der Waals surface area contributed by atoms with E-state index < -0.39 is 6.04 Å². The van der Waals surface area contributed by atoms with Gasteiger partial charge in [-0.1, -0.05) is 22.0 Å². The number of amides is 2. The third-order valence-corrected chi connectivity index (χ3v) is 3.75. The van der Waals surface area contributed by atoms with Crippen molar-refractivity contribution in [2.45, 2.75) is 31.3 Å². The van der Waals surface area contributed by atoms with Gasteiger partial charge >= 0.3 is 0 Å². The molecule has 2 amide bonds. The smallest absolute Gasteiger partial charge is 0.252 e. The molecule has 1 saturated heterocycles. The number of anilines is 1. The van der Waals surface area contributed by atoms with Crippen LogP contribution in [-0.4, -0.2) is 28.8 Å². The van der Waals surface area contributed by atoms with Crippen molar-refractivity contribution < 1.29 is 9.59 Å². The van der Waals surface area contributed by atoms with Gasteiger partial charge < -0.3 is 5.32 Å². The highest BCUT2D eigenvalue weighted by Gasteiger charge is 2.46. The minimum Gasteiger partial charge on any atom is -0.373 e. The largest absolute Gasteiger partial charge is 0.373 e. The second-order valence-corrected chi connectivity index (χ2v) is 5.66. The fraction of sp³-hybridized carbons (Fsp3) is 0.385. The van der Waals surface area contributed by atoms with Crippen molar-refractivity contribution in [3.63, 3.8) is 0 Å². The lowest BCUT2D eigenvalue weighted by molar-refractivity contribution is -0.139. The van der Waals surface area contributed by atoms with Crippen LogP contribution in [0.3, 0.4) is 0 Å². The number of halogens is 1. The van der Waals surface area contributed by atoms with Gasteiger partial charge in [0.2, 0.25) is 5.91 Å². The number of carbonyl (C=O) groups is 2. The molecular formula is C13H13BrN2O2. The maximum Gasteiger partial charge on any atom is 0.252 e. The van der Waals surface area contributed by atoms with Crippen LogP contribution in [0.2, 0.25) is 0 Å². The Balaban J connectivity index is 1.74. The Morgan fingerprint density at radius 2 is 2.06 bits per heavy atom. The molecule has 5 heteroatoms. The number of rotatable bonds is 3. The first-order chi connectivity index (χ1) is 8.65. The van der Waals surface area contributed by atoms with Gasteiger partial charge in [0.25, 0.3) is 5.91 Å². The molecule has 1 N–H and O–H groups in total. The van der Waals surface area contributed by atoms with Crippen LogP contribution >= 0.6 is 15.9 Å². The average molecular weight is 309 g/mol. The molecule has 0 spiro atoms. The third kappa shape index (κ3) is 2.14. The van der Waals surface area contributed by atoms with Crippen LogP contribution in [0.4, 0.5) is 5.69 Å². The SMILES string of the molecule is O=C1CC(Nc2cccc(Br)c2)C(=O)N1C1CC1. The van der Waals surface area contributed by atoms with Crippen molar-refractivity contribution in [3.8, 4) is 0 Å². The minimum absolute atomic E-state index is 0.0463. The number of nitrogens with one attached hydrogen (secondary N) is 1. The zero-order chi connectivity index (χ0) is 12.7. The van der Waals surface area contributed by atoms with Gasteiger partial charge in [0.15, 0.2) is 0 Å². The number of carbonyl (C=O) groups excluding carboxylic acids is 2. The first-order valence-electron chi connectivity index (χ1n) is 6.03. The Morgan fingerprint density at radius 3 is 2.72 bits per heavy atom. The summed E-state index contributed by atoms with van der Waals surface area (Å²) in [6.45, 7) is 0. The number of benzene rings is 1. The van der Waals surface area contributed by atoms with Crippen molar-refractivity contribution in [2.24, 2.45) is 0 Å². The molecule has 1 atom stereocenters. The van der Waals surface area contributed by atoms with Gasteiger partial charge in [-0.3, -0.25) is 14.5 Å². The summed E-state index contributed by atoms with van der Waals surface area (Å²) >= 11 is 3.38. The minimum atomic E-state index is -0.410. The fourth-order valence-electron chi connectivity index (χ4n) is 2.26. The quantitative estimate of drug-likeness (QED) is 0.871. The van der Waals surface area contributed by atoms with E-state index in [1.807, 2.05) is 24.3 Å². The second kappa shape index (κ2) is 4.39. The highest BCUT2D eigenvalue weighted by molar-refractivity contribution is 9.10. The molecule has 1 aliphatic heterocycles. The summed E-state index contributed by atoms with van der Waals surface area (Å²) in [5, 5.41) is 3.13. The molecule has 1 aromatic rings. The van der Waals surface area contributed by atoms with Gasteiger partial charge in [-0.25, -0.2) is 0 Å². The van der Waals surface area contributed by atoms with Gasteiger partial charge in [0.05, 0.1) is 6.42 Å². The molecule has 2 aliphatic rings. The van der Waals surface area contributed by atoms with Crippen molar-refractivity contribution in [3.05, 3.63) is 28.7 Å². The molecule has 1 aliphatic carbocycles. The molecule has 0 aromatic heterocycles. The number of likely N-dealkylation sites (tertiary alicyclic amines) is 1. The van der Waals surface area contributed by atoms with Gasteiger partial charge in [0.1, 0.15) is 6.04 Å². The average Bonchev–Trinajstić information content (AvgIpc) is 3.09. The lowest BCUT2D eigenvalue weighted by Gasteiger charge is -2.15. The molecular weight excluding hydrogens is 296 g/mol. The monoisotopic (exact) mass is 308 g/mol. The molecule has 18 heavy (non-hydrogen) atoms. The zero-order valence-electron chi connectivity index (χ0n) is 9.73. The van der Waals surface area contributed by atoms with E-state index in [9.17, 15) is 9.59 Å². The van der Waals surface area contributed by atoms with E-state index in [2.05, 4.69) is 21.2 Å². The maximum atomic E-state index is 12.1. The Kier molecular flexibility index (Phi) is 2.86.